The number of amides is 1. The molecule has 6 nitrogen and oxygen atoms in total. The summed E-state index contributed by atoms with van der Waals surface area (Å²) in [7, 11) is 0. The molecule has 0 aliphatic carbocycles. The summed E-state index contributed by atoms with van der Waals surface area (Å²) in [5.41, 5.74) is 1.22. The van der Waals surface area contributed by atoms with Gasteiger partial charge in [0.25, 0.3) is 11.7 Å². The lowest BCUT2D eigenvalue weighted by Gasteiger charge is -2.19. The Morgan fingerprint density at radius 3 is 2.20 bits per heavy atom. The van der Waals surface area contributed by atoms with Crippen LogP contribution in [0.15, 0.2) is 75.9 Å². The highest BCUT2D eigenvalue weighted by Gasteiger charge is 2.40. The molecule has 0 radical (unpaired) electrons. The number of halogens is 3. The fourth-order valence-electron chi connectivity index (χ4n) is 4.15. The Morgan fingerprint density at radius 1 is 0.927 bits per heavy atom. The second kappa shape index (κ2) is 12.1. The molecule has 0 fully saturated rings. The van der Waals surface area contributed by atoms with Gasteiger partial charge >= 0.3 is 6.18 Å². The molecule has 0 saturated heterocycles. The third-order valence-corrected chi connectivity index (χ3v) is 6.45. The maximum atomic E-state index is 13.9. The molecule has 0 bridgehead atoms. The summed E-state index contributed by atoms with van der Waals surface area (Å²) in [5.74, 6) is -2.85. The maximum absolute atomic E-state index is 13.9. The number of hydrogen-bond donors (Lipinski definition) is 1. The Labute approximate surface area is 236 Å². The van der Waals surface area contributed by atoms with Gasteiger partial charge in [0.1, 0.15) is 17.1 Å². The van der Waals surface area contributed by atoms with Gasteiger partial charge in [-0.1, -0.05) is 58.4 Å². The van der Waals surface area contributed by atoms with Gasteiger partial charge in [-0.05, 0) is 65.8 Å². The predicted octanol–water partition coefficient (Wildman–Crippen LogP) is 8.26. The molecule has 216 valence electrons. The van der Waals surface area contributed by atoms with Gasteiger partial charge in [0.15, 0.2) is 6.61 Å². The second-order valence-electron chi connectivity index (χ2n) is 10.8. The van der Waals surface area contributed by atoms with Gasteiger partial charge < -0.3 is 19.2 Å². The summed E-state index contributed by atoms with van der Waals surface area (Å²) in [4.78, 5) is 25.5. The molecule has 0 spiro atoms. The lowest BCUT2D eigenvalue weighted by molar-refractivity contribution is -0.154. The highest BCUT2D eigenvalue weighted by molar-refractivity contribution is 5.92. The molecule has 9 heteroatoms. The number of carbonyl (C=O) groups is 1. The van der Waals surface area contributed by atoms with Gasteiger partial charge in [-0.25, -0.2) is 0 Å². The highest BCUT2D eigenvalue weighted by atomic mass is 19.4. The summed E-state index contributed by atoms with van der Waals surface area (Å²) < 4.78 is 57.8. The Hall–Kier alpha value is -4.27. The Kier molecular flexibility index (Phi) is 8.75. The number of unbranched alkanes of at least 4 members (excludes halogenated alkanes) is 1. The Morgan fingerprint density at radius 2 is 1.59 bits per heavy atom. The molecular formula is C32H32F3NO5. The summed E-state index contributed by atoms with van der Waals surface area (Å²) in [6.45, 7) is 7.72. The van der Waals surface area contributed by atoms with Crippen molar-refractivity contribution >= 4 is 22.6 Å². The molecular weight excluding hydrogens is 535 g/mol. The molecule has 1 N–H and O–H groups in total. The van der Waals surface area contributed by atoms with Crippen molar-refractivity contribution < 1.29 is 31.9 Å². The molecule has 4 aromatic rings. The van der Waals surface area contributed by atoms with Crippen molar-refractivity contribution in [3.63, 3.8) is 0 Å². The van der Waals surface area contributed by atoms with Crippen LogP contribution in [0.3, 0.4) is 0 Å². The molecule has 0 aliphatic heterocycles. The van der Waals surface area contributed by atoms with E-state index in [0.29, 0.717) is 5.69 Å². The average molecular weight is 568 g/mol. The third-order valence-electron chi connectivity index (χ3n) is 6.45. The van der Waals surface area contributed by atoms with Crippen molar-refractivity contribution in [3.05, 3.63) is 93.8 Å². The summed E-state index contributed by atoms with van der Waals surface area (Å²) in [5, 5.41) is 2.58. The average Bonchev–Trinajstić information content (AvgIpc) is 2.92. The first-order valence-electron chi connectivity index (χ1n) is 13.3. The quantitative estimate of drug-likeness (QED) is 0.220. The SMILES string of the molecule is CCCCc1ccc(NC(=O)COc2ccc3c(=O)c(Oc4ccc(C(C)(C)C)cc4)c(C(F)(F)F)oc3c2)cc1. The fraction of sp³-hybridized carbons (Fsp3) is 0.312. The van der Waals surface area contributed by atoms with Crippen LogP contribution < -0.4 is 20.2 Å². The van der Waals surface area contributed by atoms with Gasteiger partial charge in [-0.15, -0.1) is 0 Å². The minimum absolute atomic E-state index is 0.0604. The zero-order valence-corrected chi connectivity index (χ0v) is 23.4. The highest BCUT2D eigenvalue weighted by Crippen LogP contribution is 2.39. The molecule has 1 aromatic heterocycles. The van der Waals surface area contributed by atoms with Gasteiger partial charge in [0.05, 0.1) is 5.39 Å². The van der Waals surface area contributed by atoms with Gasteiger partial charge in [0.2, 0.25) is 11.2 Å². The van der Waals surface area contributed by atoms with Crippen LogP contribution in [-0.2, 0) is 22.8 Å². The Balaban J connectivity index is 1.52. The number of nitrogens with one attached hydrogen (secondary N) is 1. The minimum atomic E-state index is -5.00. The van der Waals surface area contributed by atoms with E-state index in [-0.39, 0.29) is 27.9 Å². The first-order chi connectivity index (χ1) is 19.3. The summed E-state index contributed by atoms with van der Waals surface area (Å²) >= 11 is 0. The van der Waals surface area contributed by atoms with E-state index in [1.165, 1.54) is 29.8 Å². The van der Waals surface area contributed by atoms with Crippen LogP contribution in [0.4, 0.5) is 18.9 Å². The van der Waals surface area contributed by atoms with Crippen molar-refractivity contribution in [2.45, 2.75) is 58.5 Å². The molecule has 4 rings (SSSR count). The molecule has 0 aliphatic rings. The van der Waals surface area contributed by atoms with E-state index in [2.05, 4.69) is 12.2 Å². The topological polar surface area (TPSA) is 77.8 Å². The van der Waals surface area contributed by atoms with Crippen molar-refractivity contribution in [3.8, 4) is 17.2 Å². The van der Waals surface area contributed by atoms with Crippen LogP contribution in [0.5, 0.6) is 17.2 Å². The summed E-state index contributed by atoms with van der Waals surface area (Å²) in [6.07, 6.45) is -1.88. The van der Waals surface area contributed by atoms with E-state index >= 15 is 0 Å². The van der Waals surface area contributed by atoms with E-state index in [9.17, 15) is 22.8 Å². The molecule has 41 heavy (non-hydrogen) atoms. The van der Waals surface area contributed by atoms with Crippen LogP contribution in [0.2, 0.25) is 0 Å². The summed E-state index contributed by atoms with van der Waals surface area (Å²) in [6, 6.07) is 17.7. The largest absolute Gasteiger partial charge is 0.484 e. The number of rotatable bonds is 9. The zero-order valence-electron chi connectivity index (χ0n) is 23.4. The molecule has 1 heterocycles. The number of ether oxygens (including phenoxy) is 2. The normalized spacial score (nSPS) is 11.9. The van der Waals surface area contributed by atoms with Crippen LogP contribution in [-0.4, -0.2) is 12.5 Å². The lowest BCUT2D eigenvalue weighted by Crippen LogP contribution is -2.20. The van der Waals surface area contributed by atoms with Crippen LogP contribution >= 0.6 is 0 Å². The number of aryl methyl sites for hydroxylation is 1. The van der Waals surface area contributed by atoms with Crippen molar-refractivity contribution in [1.82, 2.24) is 0 Å². The lowest BCUT2D eigenvalue weighted by atomic mass is 9.87. The number of fused-ring (bicyclic) bond motifs is 1. The van der Waals surface area contributed by atoms with Crippen LogP contribution in [0.1, 0.15) is 57.4 Å². The maximum Gasteiger partial charge on any atom is 0.453 e. The number of alkyl halides is 3. The van der Waals surface area contributed by atoms with Gasteiger partial charge in [0, 0.05) is 11.8 Å². The molecule has 0 unspecified atom stereocenters. The first-order valence-corrected chi connectivity index (χ1v) is 13.3. The van der Waals surface area contributed by atoms with E-state index in [1.54, 1.807) is 24.3 Å². The molecule has 0 atom stereocenters. The van der Waals surface area contributed by atoms with Crippen molar-refractivity contribution in [2.24, 2.45) is 0 Å². The van der Waals surface area contributed by atoms with E-state index < -0.39 is 35.6 Å². The van der Waals surface area contributed by atoms with Crippen molar-refractivity contribution in [2.75, 3.05) is 11.9 Å². The molecule has 1 amide bonds. The second-order valence-corrected chi connectivity index (χ2v) is 10.8. The number of carbonyl (C=O) groups excluding carboxylic acids is 1. The fourth-order valence-corrected chi connectivity index (χ4v) is 4.15. The molecule has 3 aromatic carbocycles. The smallest absolute Gasteiger partial charge is 0.453 e. The number of anilines is 1. The number of benzene rings is 3. The molecule has 0 saturated carbocycles. The van der Waals surface area contributed by atoms with Crippen LogP contribution in [0.25, 0.3) is 11.0 Å². The van der Waals surface area contributed by atoms with Gasteiger partial charge in [-0.3, -0.25) is 9.59 Å². The van der Waals surface area contributed by atoms with E-state index in [4.69, 9.17) is 13.9 Å². The van der Waals surface area contributed by atoms with E-state index in [1.807, 2.05) is 32.9 Å². The van der Waals surface area contributed by atoms with Crippen LogP contribution in [0, 0.1) is 0 Å². The minimum Gasteiger partial charge on any atom is -0.484 e. The Bertz CT molecular complexity index is 1570. The monoisotopic (exact) mass is 567 g/mol. The predicted molar refractivity (Wildman–Crippen MR) is 152 cm³/mol. The first kappa shape index (κ1) is 29.7. The zero-order chi connectivity index (χ0) is 29.8. The van der Waals surface area contributed by atoms with Gasteiger partial charge in [-0.2, -0.15) is 13.2 Å². The van der Waals surface area contributed by atoms with E-state index in [0.717, 1.165) is 30.9 Å². The third kappa shape index (κ3) is 7.48. The standard InChI is InChI=1S/C32H32F3NO5/c1-5-6-7-20-8-12-22(13-9-20)36-27(37)19-39-24-16-17-25-26(18-24)41-30(32(33,34)35)29(28(25)38)40-23-14-10-21(11-15-23)31(2,3)4/h8-18H,5-7,19H2,1-4H3,(H,36,37). The van der Waals surface area contributed by atoms with Crippen molar-refractivity contribution in [1.29, 1.82) is 0 Å². The number of hydrogen-bond acceptors (Lipinski definition) is 5.